The molecule has 0 aliphatic heterocycles. The van der Waals surface area contributed by atoms with E-state index in [-0.39, 0.29) is 37.5 Å². The van der Waals surface area contributed by atoms with Gasteiger partial charge in [0.25, 0.3) is 0 Å². The molecule has 0 atom stereocenters. The molecule has 1 radical (unpaired) electrons. The number of rotatable bonds is 8. The number of fused-ring (bicyclic) bond motifs is 7. The van der Waals surface area contributed by atoms with Gasteiger partial charge in [-0.3, -0.25) is 4.98 Å². The van der Waals surface area contributed by atoms with Crippen molar-refractivity contribution >= 4 is 67.8 Å². The molecule has 11 aromatic rings. The van der Waals surface area contributed by atoms with E-state index in [4.69, 9.17) is 14.9 Å². The Labute approximate surface area is 427 Å². The Morgan fingerprint density at radius 3 is 2.06 bits per heavy atom. The van der Waals surface area contributed by atoms with E-state index in [1.165, 1.54) is 27.4 Å². The molecule has 0 bridgehead atoms. The molecule has 3 aromatic heterocycles. The summed E-state index contributed by atoms with van der Waals surface area (Å²) in [6.07, 6.45) is 1.98. The molecule has 0 saturated carbocycles. The molecule has 0 spiro atoms. The van der Waals surface area contributed by atoms with Gasteiger partial charge in [0, 0.05) is 42.9 Å². The van der Waals surface area contributed by atoms with Crippen molar-refractivity contribution in [2.45, 2.75) is 85.8 Å². The molecule has 4 nitrogen and oxygen atoms in total. The van der Waals surface area contributed by atoms with Crippen molar-refractivity contribution in [1.29, 1.82) is 0 Å². The van der Waals surface area contributed by atoms with Gasteiger partial charge in [-0.1, -0.05) is 169 Å². The number of benzene rings is 8. The zero-order valence-electron chi connectivity index (χ0n) is 44.7. The summed E-state index contributed by atoms with van der Waals surface area (Å²) in [6, 6.07) is 58.1. The number of aromatic nitrogens is 3. The number of para-hydroxylation sites is 2. The molecule has 3 heterocycles. The second-order valence-corrected chi connectivity index (χ2v) is 24.9. The fraction of sp³-hybridized carbons (Fsp3) is 0.206. The fourth-order valence-electron chi connectivity index (χ4n) is 9.69. The molecular weight excluding hydrogens is 1040 g/mol. The number of furan rings is 1. The van der Waals surface area contributed by atoms with E-state index in [0.717, 1.165) is 60.5 Å². The summed E-state index contributed by atoms with van der Waals surface area (Å²) in [5.41, 5.74) is 12.6. The van der Waals surface area contributed by atoms with Gasteiger partial charge in [-0.2, -0.15) is 0 Å². The Bertz CT molecular complexity index is 3800. The van der Waals surface area contributed by atoms with Crippen molar-refractivity contribution in [2.75, 3.05) is 0 Å². The number of hydrogen-bond acceptors (Lipinski definition) is 3. The number of hydrogen-bond donors (Lipinski definition) is 0. The van der Waals surface area contributed by atoms with E-state index >= 15 is 0 Å². The van der Waals surface area contributed by atoms with Crippen molar-refractivity contribution in [1.82, 2.24) is 14.5 Å². The third-order valence-corrected chi connectivity index (χ3v) is 15.2. The third-order valence-electron chi connectivity index (χ3n) is 13.2. The molecule has 0 amide bonds. The second-order valence-electron chi connectivity index (χ2n) is 19.8. The van der Waals surface area contributed by atoms with Gasteiger partial charge in [0.1, 0.15) is 5.58 Å². The monoisotopic (exact) mass is 1100 g/mol. The van der Waals surface area contributed by atoms with Crippen LogP contribution in [0.3, 0.4) is 0 Å². The summed E-state index contributed by atoms with van der Waals surface area (Å²) in [7, 11) is -1.50. The zero-order chi connectivity index (χ0) is 50.9. The standard InChI is InChI=1S/C46H37N2O.C17H22NSi.Ir/c1-27(2)36-24-33(30-13-7-6-8-14-30)25-37(28(3)4)44(36)48-41-18-12-11-17-40(41)47-46(48)35-22-19-29(5)43-39-23-32-21-20-31-15-9-10-16-34(31)38(32)26-42(39)49-45(35)43;1-13(2)15-11-16(14-9-7-6-8-10-14)18-12-17(15)19(3,4)5;/h6-21,23-28H,1-5H3;6-9,11-13H,1-5H3;/q2*-1;/i5D3;13D;. The van der Waals surface area contributed by atoms with Crippen LogP contribution in [0.25, 0.3) is 94.0 Å². The van der Waals surface area contributed by atoms with Crippen LogP contribution in [0.4, 0.5) is 0 Å². The molecule has 69 heavy (non-hydrogen) atoms. The zero-order valence-corrected chi connectivity index (χ0v) is 44.1. The molecule has 0 fully saturated rings. The summed E-state index contributed by atoms with van der Waals surface area (Å²) < 4.78 is 43.2. The first-order valence-corrected chi connectivity index (χ1v) is 27.2. The molecule has 8 aromatic carbocycles. The van der Waals surface area contributed by atoms with Crippen LogP contribution in [0, 0.1) is 19.0 Å². The number of imidazole rings is 1. The van der Waals surface area contributed by atoms with Crippen LogP contribution in [0.2, 0.25) is 19.6 Å². The van der Waals surface area contributed by atoms with Crippen molar-refractivity contribution in [3.8, 4) is 39.5 Å². The topological polar surface area (TPSA) is 43.9 Å². The Morgan fingerprint density at radius 1 is 0.667 bits per heavy atom. The van der Waals surface area contributed by atoms with Gasteiger partial charge in [-0.25, -0.2) is 0 Å². The molecular formula is C63H59IrN3OSi-2. The van der Waals surface area contributed by atoms with Crippen LogP contribution in [-0.4, -0.2) is 22.6 Å². The van der Waals surface area contributed by atoms with E-state index < -0.39 is 20.8 Å². The predicted molar refractivity (Wildman–Crippen MR) is 292 cm³/mol. The van der Waals surface area contributed by atoms with Crippen molar-refractivity contribution in [2.24, 2.45) is 0 Å². The Balaban J connectivity index is 0.000000264. The van der Waals surface area contributed by atoms with Crippen LogP contribution < -0.4 is 5.19 Å². The first-order valence-electron chi connectivity index (χ1n) is 25.7. The van der Waals surface area contributed by atoms with Crippen LogP contribution >= 0.6 is 0 Å². The molecule has 0 aliphatic carbocycles. The summed E-state index contributed by atoms with van der Waals surface area (Å²) >= 11 is 0. The van der Waals surface area contributed by atoms with Gasteiger partial charge in [-0.15, -0.1) is 53.6 Å². The maximum Gasteiger partial charge on any atom is 0.121 e. The van der Waals surface area contributed by atoms with Gasteiger partial charge < -0.3 is 14.0 Å². The molecule has 11 rings (SSSR count). The van der Waals surface area contributed by atoms with Crippen LogP contribution in [-0.2, 0) is 20.1 Å². The predicted octanol–water partition coefficient (Wildman–Crippen LogP) is 17.1. The van der Waals surface area contributed by atoms with Gasteiger partial charge in [0.15, 0.2) is 0 Å². The smallest absolute Gasteiger partial charge is 0.121 e. The minimum absolute atomic E-state index is 0. The quantitative estimate of drug-likeness (QED) is 0.0865. The normalized spacial score (nSPS) is 13.1. The van der Waals surface area contributed by atoms with E-state index in [2.05, 4.69) is 154 Å². The third kappa shape index (κ3) is 8.91. The minimum Gasteiger partial charge on any atom is -0.501 e. The molecule has 347 valence electrons. The van der Waals surface area contributed by atoms with Crippen molar-refractivity contribution in [3.05, 3.63) is 192 Å². The SMILES string of the molecule is [2H]C(C)(C)c1cc(-c2[c-]cccc2)ncc1[Si](C)(C)C.[2H]C([2H])([2H])c1c[c-]c(-c2nc3ccccc3n2-c2c(C(C)C)cc(-c3ccccc3)cc2C(C)C)c2oc3cc4c(ccc5ccccc54)cc3c12.[Ir]. The van der Waals surface area contributed by atoms with Crippen LogP contribution in [0.5, 0.6) is 0 Å². The fourth-order valence-corrected chi connectivity index (χ4v) is 11.3. The number of nitrogens with zero attached hydrogens (tertiary/aromatic N) is 3. The molecule has 0 N–H and O–H groups in total. The van der Waals surface area contributed by atoms with Gasteiger partial charge in [-0.05, 0) is 109 Å². The van der Waals surface area contributed by atoms with Gasteiger partial charge >= 0.3 is 0 Å². The Hall–Kier alpha value is -6.43. The van der Waals surface area contributed by atoms with Gasteiger partial charge in [0.2, 0.25) is 0 Å². The van der Waals surface area contributed by atoms with Crippen LogP contribution in [0.15, 0.2) is 162 Å². The maximum atomic E-state index is 8.57. The summed E-state index contributed by atoms with van der Waals surface area (Å²) in [5.74, 6) is 0.442. The average molecular weight is 1100 g/mol. The second kappa shape index (κ2) is 19.2. The van der Waals surface area contributed by atoms with Crippen molar-refractivity contribution < 1.29 is 30.0 Å². The van der Waals surface area contributed by atoms with Crippen LogP contribution in [0.1, 0.15) is 87.0 Å². The van der Waals surface area contributed by atoms with Gasteiger partial charge in [0.05, 0.1) is 30.5 Å². The summed E-state index contributed by atoms with van der Waals surface area (Å²) in [5, 5.41) is 6.94. The van der Waals surface area contributed by atoms with E-state index in [0.29, 0.717) is 27.9 Å². The largest absolute Gasteiger partial charge is 0.501 e. The molecule has 0 aliphatic rings. The number of aryl methyl sites for hydroxylation is 1. The van der Waals surface area contributed by atoms with Crippen molar-refractivity contribution in [3.63, 3.8) is 0 Å². The molecule has 0 saturated heterocycles. The van der Waals surface area contributed by atoms with E-state index in [1.54, 1.807) is 6.07 Å². The van der Waals surface area contributed by atoms with E-state index in [9.17, 15) is 0 Å². The molecule has 0 unspecified atom stereocenters. The number of pyridine rings is 1. The Kier molecular flexibility index (Phi) is 11.8. The average Bonchev–Trinajstić information content (AvgIpc) is 3.93. The maximum absolute atomic E-state index is 8.57. The first-order chi connectivity index (χ1) is 34.3. The summed E-state index contributed by atoms with van der Waals surface area (Å²) in [4.78, 5) is 9.89. The molecule has 6 heteroatoms. The minimum atomic E-state index is -2.38. The first kappa shape index (κ1) is 42.7. The Morgan fingerprint density at radius 2 is 1.36 bits per heavy atom. The van der Waals surface area contributed by atoms with E-state index in [1.807, 2.05) is 80.7 Å². The summed E-state index contributed by atoms with van der Waals surface area (Å²) in [6.45, 7) is 17.4.